The Morgan fingerprint density at radius 2 is 2.27 bits per heavy atom. The molecule has 0 amide bonds. The summed E-state index contributed by atoms with van der Waals surface area (Å²) in [5.74, 6) is 0.254. The summed E-state index contributed by atoms with van der Waals surface area (Å²) in [6.07, 6.45) is 1.64. The molecule has 15 heavy (non-hydrogen) atoms. The summed E-state index contributed by atoms with van der Waals surface area (Å²) < 4.78 is 12.9. The Morgan fingerprint density at radius 1 is 1.47 bits per heavy atom. The van der Waals surface area contributed by atoms with E-state index in [0.29, 0.717) is 12.4 Å². The maximum absolute atomic E-state index is 12.9. The van der Waals surface area contributed by atoms with Crippen LogP contribution in [0.4, 0.5) is 4.39 Å². The lowest BCUT2D eigenvalue weighted by atomic mass is 10.2. The van der Waals surface area contributed by atoms with E-state index in [4.69, 9.17) is 17.3 Å². The molecule has 2 aromatic rings. The fourth-order valence-electron chi connectivity index (χ4n) is 1.28. The number of benzene rings is 1. The van der Waals surface area contributed by atoms with Crippen LogP contribution >= 0.6 is 11.6 Å². The molecular weight excluding hydrogens is 217 g/mol. The maximum atomic E-state index is 12.9. The largest absolute Gasteiger partial charge is 0.341 e. The van der Waals surface area contributed by atoms with Crippen LogP contribution in [0.25, 0.3) is 11.3 Å². The molecule has 0 fully saturated rings. The number of nitrogens with zero attached hydrogens (tertiary/aromatic N) is 1. The molecule has 2 rings (SSSR count). The smallest absolute Gasteiger partial charge is 0.141 e. The fraction of sp³-hybridized carbons (Fsp3) is 0.100. The van der Waals surface area contributed by atoms with Crippen molar-refractivity contribution in [2.45, 2.75) is 6.54 Å². The van der Waals surface area contributed by atoms with Crippen LogP contribution in [0.1, 0.15) is 5.82 Å². The third-order valence-electron chi connectivity index (χ3n) is 2.05. The lowest BCUT2D eigenvalue weighted by Gasteiger charge is -1.99. The second-order valence-electron chi connectivity index (χ2n) is 3.08. The second-order valence-corrected chi connectivity index (χ2v) is 3.48. The van der Waals surface area contributed by atoms with Crippen molar-refractivity contribution in [3.8, 4) is 11.3 Å². The zero-order valence-corrected chi connectivity index (χ0v) is 8.55. The van der Waals surface area contributed by atoms with Crippen molar-refractivity contribution < 1.29 is 4.39 Å². The molecule has 0 aliphatic carbocycles. The van der Waals surface area contributed by atoms with Crippen LogP contribution in [-0.4, -0.2) is 9.97 Å². The normalized spacial score (nSPS) is 10.6. The Labute approximate surface area is 91.1 Å². The van der Waals surface area contributed by atoms with Gasteiger partial charge in [0.25, 0.3) is 0 Å². The summed E-state index contributed by atoms with van der Waals surface area (Å²) >= 11 is 5.67. The first kappa shape index (κ1) is 10.1. The Balaban J connectivity index is 2.40. The average Bonchev–Trinajstić information content (AvgIpc) is 2.70. The minimum Gasteiger partial charge on any atom is -0.341 e. The summed E-state index contributed by atoms with van der Waals surface area (Å²) in [6, 6.07) is 4.50. The van der Waals surface area contributed by atoms with Crippen LogP contribution in [0.2, 0.25) is 5.02 Å². The Bertz CT molecular complexity index is 481. The quantitative estimate of drug-likeness (QED) is 0.824. The van der Waals surface area contributed by atoms with E-state index in [-0.39, 0.29) is 5.02 Å². The zero-order chi connectivity index (χ0) is 10.8. The molecule has 3 nitrogen and oxygen atoms in total. The van der Waals surface area contributed by atoms with Gasteiger partial charge in [-0.15, -0.1) is 0 Å². The molecule has 3 N–H and O–H groups in total. The summed E-state index contributed by atoms with van der Waals surface area (Å²) in [4.78, 5) is 7.05. The summed E-state index contributed by atoms with van der Waals surface area (Å²) in [7, 11) is 0. The molecule has 0 saturated heterocycles. The average molecular weight is 226 g/mol. The van der Waals surface area contributed by atoms with Gasteiger partial charge in [0.15, 0.2) is 0 Å². The van der Waals surface area contributed by atoms with E-state index in [1.807, 2.05) is 0 Å². The first-order valence-electron chi connectivity index (χ1n) is 4.40. The summed E-state index contributed by atoms with van der Waals surface area (Å²) in [5.41, 5.74) is 6.98. The van der Waals surface area contributed by atoms with E-state index in [9.17, 15) is 4.39 Å². The van der Waals surface area contributed by atoms with Crippen molar-refractivity contribution in [1.82, 2.24) is 9.97 Å². The topological polar surface area (TPSA) is 54.7 Å². The Kier molecular flexibility index (Phi) is 2.70. The molecule has 0 unspecified atom stereocenters. The Morgan fingerprint density at radius 3 is 2.87 bits per heavy atom. The minimum absolute atomic E-state index is 0.0939. The molecule has 5 heteroatoms. The molecule has 0 saturated carbocycles. The van der Waals surface area contributed by atoms with Gasteiger partial charge in [-0.1, -0.05) is 11.6 Å². The first-order valence-corrected chi connectivity index (χ1v) is 4.78. The van der Waals surface area contributed by atoms with Crippen molar-refractivity contribution in [3.63, 3.8) is 0 Å². The number of nitrogens with two attached hydrogens (primary N) is 1. The number of rotatable bonds is 2. The third kappa shape index (κ3) is 2.00. The third-order valence-corrected chi connectivity index (χ3v) is 2.34. The summed E-state index contributed by atoms with van der Waals surface area (Å²) in [5, 5.41) is 0.0939. The molecule has 78 valence electrons. The monoisotopic (exact) mass is 225 g/mol. The zero-order valence-electron chi connectivity index (χ0n) is 7.80. The predicted molar refractivity (Wildman–Crippen MR) is 56.9 cm³/mol. The highest BCUT2D eigenvalue weighted by Crippen LogP contribution is 2.23. The van der Waals surface area contributed by atoms with Crippen LogP contribution < -0.4 is 5.73 Å². The second kappa shape index (κ2) is 4.00. The van der Waals surface area contributed by atoms with Gasteiger partial charge in [-0.05, 0) is 18.2 Å². The van der Waals surface area contributed by atoms with Gasteiger partial charge in [0.2, 0.25) is 0 Å². The molecule has 0 aliphatic heterocycles. The van der Waals surface area contributed by atoms with Crippen LogP contribution in [0.3, 0.4) is 0 Å². The molecule has 0 aliphatic rings. The van der Waals surface area contributed by atoms with Crippen LogP contribution in [-0.2, 0) is 6.54 Å². The van der Waals surface area contributed by atoms with E-state index in [1.54, 1.807) is 18.3 Å². The van der Waals surface area contributed by atoms with Gasteiger partial charge in [0.05, 0.1) is 23.5 Å². The number of aromatic nitrogens is 2. The van der Waals surface area contributed by atoms with Gasteiger partial charge in [-0.2, -0.15) is 0 Å². The van der Waals surface area contributed by atoms with E-state index in [0.717, 1.165) is 11.3 Å². The molecule has 1 heterocycles. The van der Waals surface area contributed by atoms with E-state index in [2.05, 4.69) is 9.97 Å². The van der Waals surface area contributed by atoms with Gasteiger partial charge >= 0.3 is 0 Å². The number of nitrogens with one attached hydrogen (secondary N) is 1. The predicted octanol–water partition coefficient (Wildman–Crippen LogP) is 2.33. The van der Waals surface area contributed by atoms with Crippen molar-refractivity contribution in [2.75, 3.05) is 0 Å². The lowest BCUT2D eigenvalue weighted by molar-refractivity contribution is 0.628. The van der Waals surface area contributed by atoms with Crippen LogP contribution in [0, 0.1) is 5.82 Å². The van der Waals surface area contributed by atoms with E-state index in [1.165, 1.54) is 6.07 Å². The summed E-state index contributed by atoms with van der Waals surface area (Å²) in [6.45, 7) is 0.342. The number of aromatic amines is 1. The van der Waals surface area contributed by atoms with Gasteiger partial charge < -0.3 is 10.7 Å². The van der Waals surface area contributed by atoms with Gasteiger partial charge in [0, 0.05) is 5.56 Å². The van der Waals surface area contributed by atoms with Crippen molar-refractivity contribution in [2.24, 2.45) is 5.73 Å². The minimum atomic E-state index is -0.431. The fourth-order valence-corrected chi connectivity index (χ4v) is 1.46. The number of halogens is 2. The SMILES string of the molecule is NCc1ncc(-c2ccc(F)c(Cl)c2)[nH]1. The highest BCUT2D eigenvalue weighted by Gasteiger charge is 2.05. The standard InChI is InChI=1S/C10H9ClFN3/c11-7-3-6(1-2-8(7)12)9-5-14-10(4-13)15-9/h1-3,5H,4,13H2,(H,14,15). The van der Waals surface area contributed by atoms with E-state index < -0.39 is 5.82 Å². The Hall–Kier alpha value is -1.39. The van der Waals surface area contributed by atoms with Crippen molar-refractivity contribution >= 4 is 11.6 Å². The molecule has 1 aromatic heterocycles. The maximum Gasteiger partial charge on any atom is 0.141 e. The molecule has 0 radical (unpaired) electrons. The molecule has 0 spiro atoms. The van der Waals surface area contributed by atoms with E-state index >= 15 is 0 Å². The highest BCUT2D eigenvalue weighted by molar-refractivity contribution is 6.31. The lowest BCUT2D eigenvalue weighted by Crippen LogP contribution is -1.97. The molecule has 0 atom stereocenters. The number of hydrogen-bond acceptors (Lipinski definition) is 2. The number of hydrogen-bond donors (Lipinski definition) is 2. The molecule has 0 bridgehead atoms. The number of H-pyrrole nitrogens is 1. The van der Waals surface area contributed by atoms with Crippen LogP contribution in [0.15, 0.2) is 24.4 Å². The molecular formula is C10H9ClFN3. The highest BCUT2D eigenvalue weighted by atomic mass is 35.5. The van der Waals surface area contributed by atoms with Crippen molar-refractivity contribution in [3.05, 3.63) is 41.1 Å². The number of imidazole rings is 1. The first-order chi connectivity index (χ1) is 7.20. The van der Waals surface area contributed by atoms with Crippen molar-refractivity contribution in [1.29, 1.82) is 0 Å². The van der Waals surface area contributed by atoms with Gasteiger partial charge in [-0.25, -0.2) is 9.37 Å². The molecule has 1 aromatic carbocycles. The van der Waals surface area contributed by atoms with Crippen LogP contribution in [0.5, 0.6) is 0 Å². The van der Waals surface area contributed by atoms with Gasteiger partial charge in [0.1, 0.15) is 11.6 Å². The van der Waals surface area contributed by atoms with Gasteiger partial charge in [-0.3, -0.25) is 0 Å².